The highest BCUT2D eigenvalue weighted by molar-refractivity contribution is 7.45. The number of likely N-dealkylation sites (N-methyl/N-ethyl adjacent to an activating group) is 1. The number of phosphoric acid groups is 1. The molecule has 0 aliphatic heterocycles. The summed E-state index contributed by atoms with van der Waals surface area (Å²) >= 11 is 0. The SMILES string of the molecule is CC/C=C/C/C=C/C/C=C/C/C=C/C/C=C/CCCCCC(=O)O[C@H](COC(=O)CCCCC/C=C/CCCCCCCC)COP(=O)([O-])OCC[N+](C)(C)C. The molecule has 56 heavy (non-hydrogen) atoms. The second-order valence-electron chi connectivity index (χ2n) is 15.3. The van der Waals surface area contributed by atoms with Gasteiger partial charge >= 0.3 is 11.9 Å². The number of allylic oxidation sites excluding steroid dienone is 12. The third-order valence-electron chi connectivity index (χ3n) is 8.71. The topological polar surface area (TPSA) is 111 Å². The van der Waals surface area contributed by atoms with Crippen LogP contribution in [0, 0.1) is 0 Å². The molecule has 0 aromatic carbocycles. The molecule has 0 N–H and O–H groups in total. The minimum atomic E-state index is -4.64. The lowest BCUT2D eigenvalue weighted by atomic mass is 10.1. The molecular formula is C46H80NO8P. The lowest BCUT2D eigenvalue weighted by Gasteiger charge is -2.28. The lowest BCUT2D eigenvalue weighted by molar-refractivity contribution is -0.870. The van der Waals surface area contributed by atoms with E-state index in [0.717, 1.165) is 77.0 Å². The van der Waals surface area contributed by atoms with Gasteiger partial charge in [-0.25, -0.2) is 0 Å². The van der Waals surface area contributed by atoms with Crippen molar-refractivity contribution in [1.82, 2.24) is 0 Å². The highest BCUT2D eigenvalue weighted by atomic mass is 31.2. The van der Waals surface area contributed by atoms with Crippen LogP contribution >= 0.6 is 7.82 Å². The van der Waals surface area contributed by atoms with Crippen molar-refractivity contribution in [3.8, 4) is 0 Å². The molecule has 2 atom stereocenters. The van der Waals surface area contributed by atoms with Gasteiger partial charge < -0.3 is 27.9 Å². The van der Waals surface area contributed by atoms with E-state index in [9.17, 15) is 19.0 Å². The normalized spacial score (nSPS) is 14.3. The van der Waals surface area contributed by atoms with E-state index in [4.69, 9.17) is 18.5 Å². The van der Waals surface area contributed by atoms with Crippen LogP contribution in [-0.4, -0.2) is 70.0 Å². The number of phosphoric ester groups is 1. The maximum absolute atomic E-state index is 12.7. The van der Waals surface area contributed by atoms with E-state index in [-0.39, 0.29) is 26.1 Å². The van der Waals surface area contributed by atoms with Crippen molar-refractivity contribution in [3.05, 3.63) is 72.9 Å². The van der Waals surface area contributed by atoms with Gasteiger partial charge in [-0.1, -0.05) is 132 Å². The summed E-state index contributed by atoms with van der Waals surface area (Å²) in [6.07, 6.45) is 46.4. The summed E-state index contributed by atoms with van der Waals surface area (Å²) in [6.45, 7) is 4.02. The second-order valence-corrected chi connectivity index (χ2v) is 16.7. The van der Waals surface area contributed by atoms with Crippen LogP contribution < -0.4 is 4.89 Å². The van der Waals surface area contributed by atoms with Crippen molar-refractivity contribution in [2.45, 2.75) is 161 Å². The maximum atomic E-state index is 12.7. The van der Waals surface area contributed by atoms with E-state index < -0.39 is 32.5 Å². The molecule has 10 heteroatoms. The van der Waals surface area contributed by atoms with Crippen LogP contribution in [0.1, 0.15) is 155 Å². The Balaban J connectivity index is 4.47. The van der Waals surface area contributed by atoms with Crippen LogP contribution in [0.5, 0.6) is 0 Å². The molecular weight excluding hydrogens is 725 g/mol. The van der Waals surface area contributed by atoms with Crippen LogP contribution in [0.4, 0.5) is 0 Å². The molecule has 0 rings (SSSR count). The van der Waals surface area contributed by atoms with Crippen molar-refractivity contribution in [1.29, 1.82) is 0 Å². The summed E-state index contributed by atoms with van der Waals surface area (Å²) in [5, 5.41) is 0. The summed E-state index contributed by atoms with van der Waals surface area (Å²) in [7, 11) is 1.12. The van der Waals surface area contributed by atoms with Gasteiger partial charge in [-0.2, -0.15) is 0 Å². The van der Waals surface area contributed by atoms with E-state index in [0.29, 0.717) is 23.9 Å². The van der Waals surface area contributed by atoms with Gasteiger partial charge in [0.1, 0.15) is 19.8 Å². The first kappa shape index (κ1) is 53.5. The zero-order chi connectivity index (χ0) is 41.4. The lowest BCUT2D eigenvalue weighted by Crippen LogP contribution is -2.37. The molecule has 1 unspecified atom stereocenters. The predicted octanol–water partition coefficient (Wildman–Crippen LogP) is 11.6. The van der Waals surface area contributed by atoms with E-state index >= 15 is 0 Å². The van der Waals surface area contributed by atoms with Crippen molar-refractivity contribution < 1.29 is 42.1 Å². The van der Waals surface area contributed by atoms with Gasteiger partial charge in [-0.3, -0.25) is 14.2 Å². The molecule has 0 saturated carbocycles. The minimum Gasteiger partial charge on any atom is -0.756 e. The van der Waals surface area contributed by atoms with Crippen LogP contribution in [0.3, 0.4) is 0 Å². The van der Waals surface area contributed by atoms with E-state index in [1.165, 1.54) is 38.5 Å². The molecule has 0 radical (unpaired) electrons. The molecule has 0 aliphatic carbocycles. The van der Waals surface area contributed by atoms with Crippen molar-refractivity contribution >= 4 is 19.8 Å². The van der Waals surface area contributed by atoms with Gasteiger partial charge in [0.25, 0.3) is 7.82 Å². The maximum Gasteiger partial charge on any atom is 0.306 e. The Morgan fingerprint density at radius 1 is 0.571 bits per heavy atom. The van der Waals surface area contributed by atoms with Gasteiger partial charge in [0.2, 0.25) is 0 Å². The number of unbranched alkanes of at least 4 members (excludes halogenated alkanes) is 12. The monoisotopic (exact) mass is 806 g/mol. The molecule has 0 amide bonds. The molecule has 0 aromatic heterocycles. The van der Waals surface area contributed by atoms with Gasteiger partial charge in [-0.15, -0.1) is 0 Å². The Bertz CT molecular complexity index is 1180. The van der Waals surface area contributed by atoms with E-state index in [1.54, 1.807) is 0 Å². The number of carbonyl (C=O) groups excluding carboxylic acids is 2. The number of rotatable bonds is 38. The predicted molar refractivity (Wildman–Crippen MR) is 231 cm³/mol. The quantitative estimate of drug-likeness (QED) is 0.0199. The van der Waals surface area contributed by atoms with Gasteiger partial charge in [-0.05, 0) is 83.5 Å². The van der Waals surface area contributed by atoms with Crippen LogP contribution in [0.15, 0.2) is 72.9 Å². The number of hydrogen-bond acceptors (Lipinski definition) is 8. The highest BCUT2D eigenvalue weighted by Crippen LogP contribution is 2.38. The Labute approximate surface area is 342 Å². The molecule has 0 aliphatic rings. The average Bonchev–Trinajstić information content (AvgIpc) is 3.15. The highest BCUT2D eigenvalue weighted by Gasteiger charge is 2.21. The van der Waals surface area contributed by atoms with Crippen LogP contribution in [-0.2, 0) is 32.7 Å². The third-order valence-corrected chi connectivity index (χ3v) is 9.67. The Morgan fingerprint density at radius 2 is 1.02 bits per heavy atom. The molecule has 0 heterocycles. The first-order valence-corrected chi connectivity index (χ1v) is 23.1. The molecule has 0 fully saturated rings. The number of esters is 2. The largest absolute Gasteiger partial charge is 0.756 e. The molecule has 0 bridgehead atoms. The molecule has 322 valence electrons. The number of hydrogen-bond donors (Lipinski definition) is 0. The van der Waals surface area contributed by atoms with Gasteiger partial charge in [0.15, 0.2) is 6.10 Å². The fourth-order valence-electron chi connectivity index (χ4n) is 5.32. The van der Waals surface area contributed by atoms with Crippen molar-refractivity contribution in [2.24, 2.45) is 0 Å². The standard InChI is InChI=1S/C46H80NO8P/c1-6-8-10-12-14-16-18-20-21-22-23-24-25-27-29-31-33-35-37-39-46(49)55-44(43-54-56(50,51)53-41-40-47(3,4)5)42-52-45(48)38-36-34-32-30-28-26-19-17-15-13-11-9-7-2/h8,10,14,16,20-21,23-24,26-29,44H,6-7,9,11-13,15,17-19,22,25,30-43H2,1-5H3/b10-8+,16-14+,21-20+,24-23+,28-26+,29-27+/t44-/m1/s1. The first-order valence-electron chi connectivity index (χ1n) is 21.6. The zero-order valence-electron chi connectivity index (χ0n) is 36.1. The summed E-state index contributed by atoms with van der Waals surface area (Å²) in [6, 6.07) is 0. The average molecular weight is 806 g/mol. The van der Waals surface area contributed by atoms with Gasteiger partial charge in [0, 0.05) is 12.8 Å². The molecule has 0 spiro atoms. The summed E-state index contributed by atoms with van der Waals surface area (Å²) in [5.41, 5.74) is 0. The zero-order valence-corrected chi connectivity index (χ0v) is 36.9. The van der Waals surface area contributed by atoms with Crippen molar-refractivity contribution in [3.63, 3.8) is 0 Å². The molecule has 9 nitrogen and oxygen atoms in total. The second kappa shape index (κ2) is 38.0. The van der Waals surface area contributed by atoms with E-state index in [2.05, 4.69) is 86.8 Å². The first-order chi connectivity index (χ1) is 27.0. The van der Waals surface area contributed by atoms with Crippen LogP contribution in [0.2, 0.25) is 0 Å². The fourth-order valence-corrected chi connectivity index (χ4v) is 6.05. The Hall–Kier alpha value is -2.55. The Kier molecular flexibility index (Phi) is 36.3. The molecule has 0 aromatic rings. The number of quaternary nitrogens is 1. The van der Waals surface area contributed by atoms with Crippen molar-refractivity contribution in [2.75, 3.05) is 47.5 Å². The summed E-state index contributed by atoms with van der Waals surface area (Å²) in [5.74, 6) is -0.898. The number of ether oxygens (including phenoxy) is 2. The fraction of sp³-hybridized carbons (Fsp3) is 0.696. The number of nitrogens with zero attached hydrogens (tertiary/aromatic N) is 1. The minimum absolute atomic E-state index is 0.0434. The number of carbonyl (C=O) groups is 2. The third kappa shape index (κ3) is 41.1. The smallest absolute Gasteiger partial charge is 0.306 e. The van der Waals surface area contributed by atoms with Crippen LogP contribution in [0.25, 0.3) is 0 Å². The molecule has 0 saturated heterocycles. The summed E-state index contributed by atoms with van der Waals surface area (Å²) in [4.78, 5) is 37.5. The summed E-state index contributed by atoms with van der Waals surface area (Å²) < 4.78 is 33.8. The van der Waals surface area contributed by atoms with Gasteiger partial charge in [0.05, 0.1) is 27.7 Å². The Morgan fingerprint density at radius 3 is 1.54 bits per heavy atom. The van der Waals surface area contributed by atoms with E-state index in [1.807, 2.05) is 21.1 Å².